The molecule has 0 amide bonds. The fraction of sp³-hybridized carbons (Fsp3) is 0.810. The molecular weight excluding hydrogens is 316 g/mol. The molecule has 146 valence electrons. The Kier molecular flexibility index (Phi) is 16.6. The van der Waals surface area contributed by atoms with Gasteiger partial charge in [-0.05, 0) is 32.1 Å². The molecule has 0 fully saturated rings. The van der Waals surface area contributed by atoms with Gasteiger partial charge in [0.25, 0.3) is 0 Å². The molecule has 0 heterocycles. The maximum atomic E-state index is 11.5. The molecule has 0 saturated carbocycles. The predicted molar refractivity (Wildman–Crippen MR) is 103 cm³/mol. The largest absolute Gasteiger partial charge is 0.481 e. The van der Waals surface area contributed by atoms with Crippen LogP contribution in [0.2, 0.25) is 0 Å². The highest BCUT2D eigenvalue weighted by atomic mass is 16.5. The Morgan fingerprint density at radius 1 is 0.880 bits per heavy atom. The van der Waals surface area contributed by atoms with Gasteiger partial charge in [0.15, 0.2) is 0 Å². The van der Waals surface area contributed by atoms with E-state index < -0.39 is 5.97 Å². The van der Waals surface area contributed by atoms with E-state index in [2.05, 4.69) is 13.5 Å². The third-order valence-corrected chi connectivity index (χ3v) is 4.50. The molecule has 0 radical (unpaired) electrons. The molecule has 0 aromatic heterocycles. The van der Waals surface area contributed by atoms with Gasteiger partial charge < -0.3 is 9.84 Å². The highest BCUT2D eigenvalue weighted by Crippen LogP contribution is 2.17. The lowest BCUT2D eigenvalue weighted by Gasteiger charge is -2.17. The van der Waals surface area contributed by atoms with E-state index in [9.17, 15) is 9.59 Å². The first-order valence-electron chi connectivity index (χ1n) is 10.1. The zero-order chi connectivity index (χ0) is 18.8. The van der Waals surface area contributed by atoms with Crippen LogP contribution in [0.1, 0.15) is 103 Å². The van der Waals surface area contributed by atoms with E-state index in [-0.39, 0.29) is 18.5 Å². The van der Waals surface area contributed by atoms with E-state index in [1.807, 2.05) is 0 Å². The molecule has 4 heteroatoms. The first-order chi connectivity index (χ1) is 12.1. The molecule has 1 atom stereocenters. The number of esters is 1. The number of unbranched alkanes of at least 4 members (excludes halogenated alkanes) is 10. The van der Waals surface area contributed by atoms with Crippen molar-refractivity contribution in [2.45, 2.75) is 109 Å². The summed E-state index contributed by atoms with van der Waals surface area (Å²) in [4.78, 5) is 21.9. The van der Waals surface area contributed by atoms with Crippen molar-refractivity contribution in [3.05, 3.63) is 12.7 Å². The molecule has 1 N–H and O–H groups in total. The van der Waals surface area contributed by atoms with Crippen molar-refractivity contribution in [3.63, 3.8) is 0 Å². The van der Waals surface area contributed by atoms with Crippen molar-refractivity contribution in [3.8, 4) is 0 Å². The van der Waals surface area contributed by atoms with Gasteiger partial charge in [0.05, 0.1) is 0 Å². The van der Waals surface area contributed by atoms with Crippen LogP contribution in [-0.2, 0) is 14.3 Å². The van der Waals surface area contributed by atoms with Gasteiger partial charge in [0.2, 0.25) is 0 Å². The monoisotopic (exact) mass is 354 g/mol. The lowest BCUT2D eigenvalue weighted by atomic mass is 10.0. The van der Waals surface area contributed by atoms with Crippen LogP contribution in [0, 0.1) is 0 Å². The Morgan fingerprint density at radius 2 is 1.36 bits per heavy atom. The number of hydrogen-bond acceptors (Lipinski definition) is 3. The topological polar surface area (TPSA) is 63.6 Å². The molecule has 1 unspecified atom stereocenters. The van der Waals surface area contributed by atoms with Crippen molar-refractivity contribution >= 4 is 11.9 Å². The highest BCUT2D eigenvalue weighted by molar-refractivity contribution is 5.81. The van der Waals surface area contributed by atoms with Gasteiger partial charge in [-0.2, -0.15) is 0 Å². The summed E-state index contributed by atoms with van der Waals surface area (Å²) in [7, 11) is 0. The zero-order valence-electron chi connectivity index (χ0n) is 16.1. The van der Waals surface area contributed by atoms with Crippen LogP contribution in [0.4, 0.5) is 0 Å². The second-order valence-electron chi connectivity index (χ2n) is 6.87. The van der Waals surface area contributed by atoms with Crippen LogP contribution in [0.3, 0.4) is 0 Å². The van der Waals surface area contributed by atoms with Gasteiger partial charge in [0.1, 0.15) is 6.10 Å². The van der Waals surface area contributed by atoms with Crippen LogP contribution in [0.5, 0.6) is 0 Å². The number of ether oxygens (including phenoxy) is 1. The Hall–Kier alpha value is -1.32. The molecule has 0 aliphatic heterocycles. The average molecular weight is 355 g/mol. The molecular formula is C21H38O4. The van der Waals surface area contributed by atoms with Crippen LogP contribution < -0.4 is 0 Å². The third-order valence-electron chi connectivity index (χ3n) is 4.50. The standard InChI is InChI=1S/C21H38O4/c1-3-5-6-7-10-13-16-19(25-21(24)4-2)17-14-11-8-9-12-15-18-20(22)23/h4,19H,2-3,5-18H2,1H3,(H,22,23). The maximum absolute atomic E-state index is 11.5. The number of hydrogen-bond donors (Lipinski definition) is 1. The Labute approximate surface area is 154 Å². The minimum absolute atomic E-state index is 0.0173. The highest BCUT2D eigenvalue weighted by Gasteiger charge is 2.12. The molecule has 0 bridgehead atoms. The van der Waals surface area contributed by atoms with Crippen molar-refractivity contribution in [2.24, 2.45) is 0 Å². The summed E-state index contributed by atoms with van der Waals surface area (Å²) in [5.41, 5.74) is 0. The van der Waals surface area contributed by atoms with Gasteiger partial charge in [-0.15, -0.1) is 0 Å². The molecule has 0 saturated heterocycles. The summed E-state index contributed by atoms with van der Waals surface area (Å²) >= 11 is 0. The van der Waals surface area contributed by atoms with Gasteiger partial charge in [-0.1, -0.05) is 71.3 Å². The maximum Gasteiger partial charge on any atom is 0.330 e. The molecule has 0 aromatic rings. The number of carbonyl (C=O) groups excluding carboxylic acids is 1. The molecule has 0 spiro atoms. The van der Waals surface area contributed by atoms with Crippen LogP contribution >= 0.6 is 0 Å². The van der Waals surface area contributed by atoms with E-state index in [0.717, 1.165) is 57.8 Å². The van der Waals surface area contributed by atoms with Crippen LogP contribution in [0.25, 0.3) is 0 Å². The summed E-state index contributed by atoms with van der Waals surface area (Å²) in [6.07, 6.45) is 17.0. The Morgan fingerprint density at radius 3 is 1.84 bits per heavy atom. The van der Waals surface area contributed by atoms with Crippen LogP contribution in [-0.4, -0.2) is 23.1 Å². The number of carbonyl (C=O) groups is 2. The fourth-order valence-corrected chi connectivity index (χ4v) is 2.98. The predicted octanol–water partition coefficient (Wildman–Crippen LogP) is 6.04. The van der Waals surface area contributed by atoms with Crippen molar-refractivity contribution < 1.29 is 19.4 Å². The fourth-order valence-electron chi connectivity index (χ4n) is 2.98. The SMILES string of the molecule is C=CC(=O)OC(CCCCCCCC)CCCCCCCCC(=O)O. The van der Waals surface area contributed by atoms with E-state index >= 15 is 0 Å². The Bertz CT molecular complexity index is 352. The van der Waals surface area contributed by atoms with Crippen molar-refractivity contribution in [1.82, 2.24) is 0 Å². The lowest BCUT2D eigenvalue weighted by Crippen LogP contribution is -2.16. The van der Waals surface area contributed by atoms with Crippen molar-refractivity contribution in [1.29, 1.82) is 0 Å². The van der Waals surface area contributed by atoms with E-state index in [4.69, 9.17) is 9.84 Å². The Balaban J connectivity index is 3.77. The summed E-state index contributed by atoms with van der Waals surface area (Å²) < 4.78 is 5.48. The molecule has 25 heavy (non-hydrogen) atoms. The minimum Gasteiger partial charge on any atom is -0.481 e. The van der Waals surface area contributed by atoms with Gasteiger partial charge >= 0.3 is 11.9 Å². The summed E-state index contributed by atoms with van der Waals surface area (Å²) in [5.74, 6) is -1.02. The van der Waals surface area contributed by atoms with Gasteiger partial charge in [-0.25, -0.2) is 4.79 Å². The second-order valence-corrected chi connectivity index (χ2v) is 6.87. The van der Waals surface area contributed by atoms with Crippen LogP contribution in [0.15, 0.2) is 12.7 Å². The van der Waals surface area contributed by atoms with Gasteiger partial charge in [0, 0.05) is 12.5 Å². The first-order valence-corrected chi connectivity index (χ1v) is 10.1. The first kappa shape index (κ1) is 23.7. The van der Waals surface area contributed by atoms with E-state index in [0.29, 0.717) is 0 Å². The minimum atomic E-state index is -0.707. The lowest BCUT2D eigenvalue weighted by molar-refractivity contribution is -0.143. The van der Waals surface area contributed by atoms with E-state index in [1.54, 1.807) is 0 Å². The summed E-state index contributed by atoms with van der Waals surface area (Å²) in [6.45, 7) is 5.70. The van der Waals surface area contributed by atoms with Crippen molar-refractivity contribution in [2.75, 3.05) is 0 Å². The number of carboxylic acid groups (broad SMARTS) is 1. The smallest absolute Gasteiger partial charge is 0.330 e. The third kappa shape index (κ3) is 17.3. The molecule has 0 aromatic carbocycles. The zero-order valence-corrected chi connectivity index (χ0v) is 16.1. The number of carboxylic acids is 1. The quantitative estimate of drug-likeness (QED) is 0.185. The normalized spacial score (nSPS) is 11.9. The van der Waals surface area contributed by atoms with E-state index in [1.165, 1.54) is 38.2 Å². The molecule has 0 aliphatic carbocycles. The summed E-state index contributed by atoms with van der Waals surface area (Å²) in [6, 6.07) is 0. The second kappa shape index (κ2) is 17.5. The van der Waals surface area contributed by atoms with Gasteiger partial charge in [-0.3, -0.25) is 4.79 Å². The molecule has 4 nitrogen and oxygen atoms in total. The average Bonchev–Trinajstić information content (AvgIpc) is 2.59. The number of aliphatic carboxylic acids is 1. The molecule has 0 aliphatic rings. The summed E-state index contributed by atoms with van der Waals surface area (Å²) in [5, 5.41) is 8.59. The number of rotatable bonds is 18. The molecule has 0 rings (SSSR count).